The molecule has 0 aliphatic carbocycles. The molecule has 0 bridgehead atoms. The second-order valence-corrected chi connectivity index (χ2v) is 4.05. The molecule has 0 radical (unpaired) electrons. The Morgan fingerprint density at radius 3 is 1.93 bits per heavy atom. The van der Waals surface area contributed by atoms with E-state index in [4.69, 9.17) is 45.0 Å². The number of carboxylic acids is 1. The van der Waals surface area contributed by atoms with Crippen molar-refractivity contribution in [2.24, 2.45) is 0 Å². The van der Waals surface area contributed by atoms with Gasteiger partial charge in [0.25, 0.3) is 0 Å². The lowest BCUT2D eigenvalue weighted by molar-refractivity contribution is 0.0694. The van der Waals surface area contributed by atoms with Gasteiger partial charge in [-0.3, -0.25) is 0 Å². The van der Waals surface area contributed by atoms with Crippen molar-refractivity contribution in [1.29, 1.82) is 0 Å². The number of aromatic hydroxyl groups is 1. The first-order valence-corrected chi connectivity index (χ1v) is 4.69. The van der Waals surface area contributed by atoms with Crippen LogP contribution in [0, 0.1) is 0 Å². The Kier molecular flexibility index (Phi) is 6.45. The summed E-state index contributed by atoms with van der Waals surface area (Å²) in [7, 11) is 0. The number of carboxylic acid groups (broad SMARTS) is 1. The summed E-state index contributed by atoms with van der Waals surface area (Å²) in [6.45, 7) is 0. The predicted octanol–water partition coefficient (Wildman–Crippen LogP) is 3.08. The summed E-state index contributed by atoms with van der Waals surface area (Å²) in [4.78, 5) is 10.3. The Morgan fingerprint density at radius 1 is 1.21 bits per heavy atom. The highest BCUT2D eigenvalue weighted by atomic mass is 35.6. The Hall–Kier alpha value is -0.640. The van der Waals surface area contributed by atoms with Gasteiger partial charge in [0.1, 0.15) is 11.3 Å². The average Bonchev–Trinajstić information content (AvgIpc) is 2.03. The van der Waals surface area contributed by atoms with Gasteiger partial charge in [0.05, 0.1) is 0 Å². The quantitative estimate of drug-likeness (QED) is 0.760. The fourth-order valence-electron chi connectivity index (χ4n) is 0.654. The fourth-order valence-corrected chi connectivity index (χ4v) is 0.654. The van der Waals surface area contributed by atoms with Crippen molar-refractivity contribution < 1.29 is 15.0 Å². The summed E-state index contributed by atoms with van der Waals surface area (Å²) in [5.41, 5.74) is -0.0671. The molecule has 0 saturated heterocycles. The third kappa shape index (κ3) is 5.91. The number of hydrogen-bond donors (Lipinski definition) is 2. The Bertz CT molecular complexity index is 299. The van der Waals surface area contributed by atoms with Crippen molar-refractivity contribution in [3.8, 4) is 5.75 Å². The molecule has 78 valence electrons. The van der Waals surface area contributed by atoms with E-state index in [1.54, 1.807) is 12.1 Å². The molecule has 0 atom stereocenters. The molecule has 1 rings (SSSR count). The second kappa shape index (κ2) is 6.76. The number of benzene rings is 1. The van der Waals surface area contributed by atoms with E-state index in [1.165, 1.54) is 12.1 Å². The van der Waals surface area contributed by atoms with Crippen LogP contribution in [0.25, 0.3) is 0 Å². The smallest absolute Gasteiger partial charge is 0.339 e. The van der Waals surface area contributed by atoms with Crippen LogP contribution >= 0.6 is 34.8 Å². The van der Waals surface area contributed by atoms with Gasteiger partial charge in [-0.1, -0.05) is 46.9 Å². The third-order valence-electron chi connectivity index (χ3n) is 1.13. The number of hydrogen-bond acceptors (Lipinski definition) is 2. The van der Waals surface area contributed by atoms with Crippen LogP contribution in [-0.4, -0.2) is 20.5 Å². The van der Waals surface area contributed by atoms with Crippen LogP contribution in [0.4, 0.5) is 0 Å². The van der Waals surface area contributed by atoms with Crippen LogP contribution < -0.4 is 0 Å². The molecular formula is C8H7Cl3O3. The highest BCUT2D eigenvalue weighted by molar-refractivity contribution is 6.63. The van der Waals surface area contributed by atoms with Gasteiger partial charge in [0.15, 0.2) is 4.30 Å². The molecule has 0 amide bonds. The van der Waals surface area contributed by atoms with Crippen LogP contribution in [0.5, 0.6) is 5.75 Å². The number of alkyl halides is 3. The largest absolute Gasteiger partial charge is 0.507 e. The molecular weight excluding hydrogens is 250 g/mol. The van der Waals surface area contributed by atoms with E-state index in [1.807, 2.05) is 0 Å². The topological polar surface area (TPSA) is 57.5 Å². The molecule has 0 unspecified atom stereocenters. The van der Waals surface area contributed by atoms with E-state index in [2.05, 4.69) is 0 Å². The summed E-state index contributed by atoms with van der Waals surface area (Å²) in [6, 6.07) is 5.81. The number of para-hydroxylation sites is 1. The van der Waals surface area contributed by atoms with E-state index >= 15 is 0 Å². The maximum atomic E-state index is 10.3. The van der Waals surface area contributed by atoms with Crippen LogP contribution in [0.3, 0.4) is 0 Å². The van der Waals surface area contributed by atoms with E-state index in [-0.39, 0.29) is 11.3 Å². The molecule has 0 aromatic heterocycles. The highest BCUT2D eigenvalue weighted by Gasteiger charge is 2.05. The van der Waals surface area contributed by atoms with E-state index in [9.17, 15) is 4.79 Å². The first kappa shape index (κ1) is 13.4. The first-order valence-electron chi connectivity index (χ1n) is 3.38. The van der Waals surface area contributed by atoms with Crippen molar-refractivity contribution in [3.63, 3.8) is 0 Å². The molecule has 1 aromatic rings. The number of aromatic carboxylic acids is 1. The Labute approximate surface area is 95.8 Å². The molecule has 1 aromatic carbocycles. The zero-order valence-corrected chi connectivity index (χ0v) is 9.09. The van der Waals surface area contributed by atoms with Crippen molar-refractivity contribution >= 4 is 40.8 Å². The van der Waals surface area contributed by atoms with Crippen LogP contribution in [-0.2, 0) is 0 Å². The standard InChI is InChI=1S/C7H6O3.CHCl3/c8-6-4-2-1-3-5(6)7(9)10;2-1(3)4/h1-4,8H,(H,9,10);1H. The fraction of sp³-hybridized carbons (Fsp3) is 0.125. The summed E-state index contributed by atoms with van der Waals surface area (Å²) in [6.07, 6.45) is 0. The minimum absolute atomic E-state index is 0.0671. The number of carbonyl (C=O) groups is 1. The maximum absolute atomic E-state index is 10.3. The van der Waals surface area contributed by atoms with Crippen molar-refractivity contribution in [3.05, 3.63) is 29.8 Å². The highest BCUT2D eigenvalue weighted by Crippen LogP contribution is 2.14. The third-order valence-corrected chi connectivity index (χ3v) is 1.13. The Balaban J connectivity index is 0.000000364. The zero-order valence-electron chi connectivity index (χ0n) is 6.82. The van der Waals surface area contributed by atoms with Gasteiger partial charge in [-0.15, -0.1) is 0 Å². The summed E-state index contributed by atoms with van der Waals surface area (Å²) >= 11 is 14.4. The van der Waals surface area contributed by atoms with Crippen molar-refractivity contribution in [1.82, 2.24) is 0 Å². The first-order chi connectivity index (χ1) is 6.45. The molecule has 0 spiro atoms. The van der Waals surface area contributed by atoms with Gasteiger partial charge >= 0.3 is 5.97 Å². The zero-order chi connectivity index (χ0) is 11.1. The SMILES string of the molecule is ClC(Cl)Cl.O=C(O)c1ccccc1O. The van der Waals surface area contributed by atoms with E-state index < -0.39 is 10.3 Å². The number of rotatable bonds is 1. The van der Waals surface area contributed by atoms with Crippen LogP contribution in [0.2, 0.25) is 0 Å². The van der Waals surface area contributed by atoms with Crippen LogP contribution in [0.15, 0.2) is 24.3 Å². The molecule has 0 aliphatic heterocycles. The Morgan fingerprint density at radius 2 is 1.64 bits per heavy atom. The molecule has 6 heteroatoms. The monoisotopic (exact) mass is 256 g/mol. The normalized spacial score (nSPS) is 9.14. The summed E-state index contributed by atoms with van der Waals surface area (Å²) in [5, 5.41) is 17.3. The second-order valence-electron chi connectivity index (χ2n) is 2.07. The molecule has 0 aliphatic rings. The van der Waals surface area contributed by atoms with Gasteiger partial charge in [0.2, 0.25) is 0 Å². The molecule has 0 fully saturated rings. The lowest BCUT2D eigenvalue weighted by Gasteiger charge is -1.95. The molecule has 3 nitrogen and oxygen atoms in total. The summed E-state index contributed by atoms with van der Waals surface area (Å²) < 4.78 is -0.750. The minimum atomic E-state index is -1.11. The van der Waals surface area contributed by atoms with Gasteiger partial charge in [-0.25, -0.2) is 4.79 Å². The van der Waals surface area contributed by atoms with Crippen LogP contribution in [0.1, 0.15) is 10.4 Å². The van der Waals surface area contributed by atoms with Crippen molar-refractivity contribution in [2.45, 2.75) is 4.30 Å². The average molecular weight is 258 g/mol. The van der Waals surface area contributed by atoms with Gasteiger partial charge in [0, 0.05) is 0 Å². The molecule has 2 N–H and O–H groups in total. The molecule has 14 heavy (non-hydrogen) atoms. The maximum Gasteiger partial charge on any atom is 0.339 e. The molecule has 0 saturated carbocycles. The van der Waals surface area contributed by atoms with Gasteiger partial charge in [-0.05, 0) is 12.1 Å². The predicted molar refractivity (Wildman–Crippen MR) is 56.4 cm³/mol. The van der Waals surface area contributed by atoms with Crippen molar-refractivity contribution in [2.75, 3.05) is 0 Å². The minimum Gasteiger partial charge on any atom is -0.507 e. The van der Waals surface area contributed by atoms with E-state index in [0.717, 1.165) is 0 Å². The van der Waals surface area contributed by atoms with Gasteiger partial charge < -0.3 is 10.2 Å². The summed E-state index contributed by atoms with van der Waals surface area (Å²) in [5.74, 6) is -1.31. The lowest BCUT2D eigenvalue weighted by Crippen LogP contribution is -1.95. The van der Waals surface area contributed by atoms with E-state index in [0.29, 0.717) is 0 Å². The van der Waals surface area contributed by atoms with Gasteiger partial charge in [-0.2, -0.15) is 0 Å². The number of phenols is 1. The lowest BCUT2D eigenvalue weighted by atomic mass is 10.2. The number of halogens is 3. The molecule has 0 heterocycles.